The fourth-order valence-corrected chi connectivity index (χ4v) is 2.17. The number of rotatable bonds is 4. The number of aliphatic hydroxyl groups is 1. The summed E-state index contributed by atoms with van der Waals surface area (Å²) in [6, 6.07) is 1.95. The molecular weight excluding hydrogens is 218 g/mol. The Kier molecular flexibility index (Phi) is 3.78. The first-order valence-corrected chi connectivity index (χ1v) is 6.17. The lowest BCUT2D eigenvalue weighted by molar-refractivity contribution is 0.0916. The highest BCUT2D eigenvalue weighted by Crippen LogP contribution is 2.28. The monoisotopic (exact) mass is 237 g/mol. The number of hydrogen-bond donors (Lipinski definition) is 2. The molecular formula is C12H19N3O2. The van der Waals surface area contributed by atoms with E-state index in [1.807, 2.05) is 10.9 Å². The van der Waals surface area contributed by atoms with Crippen molar-refractivity contribution in [2.24, 2.45) is 0 Å². The third-order valence-corrected chi connectivity index (χ3v) is 3.19. The van der Waals surface area contributed by atoms with Gasteiger partial charge in [-0.05, 0) is 25.8 Å². The van der Waals surface area contributed by atoms with Crippen LogP contribution in [0.5, 0.6) is 0 Å². The number of hydrogen-bond acceptors (Lipinski definition) is 3. The molecule has 5 nitrogen and oxygen atoms in total. The van der Waals surface area contributed by atoms with E-state index < -0.39 is 0 Å². The molecule has 0 aliphatic heterocycles. The summed E-state index contributed by atoms with van der Waals surface area (Å²) in [7, 11) is 0. The average molecular weight is 237 g/mol. The number of aromatic nitrogens is 2. The van der Waals surface area contributed by atoms with E-state index in [4.69, 9.17) is 5.11 Å². The summed E-state index contributed by atoms with van der Waals surface area (Å²) < 4.78 is 1.89. The standard InChI is InChI=1S/C12H19N3O2/c1-9(8-16)13-12(17)11-6-7-15(14-11)10-4-2-3-5-10/h6-7,9-10,16H,2-5,8H2,1H3,(H,13,17). The van der Waals surface area contributed by atoms with E-state index in [9.17, 15) is 4.79 Å². The molecule has 94 valence electrons. The van der Waals surface area contributed by atoms with Crippen LogP contribution in [0.3, 0.4) is 0 Å². The molecule has 1 aromatic heterocycles. The molecule has 0 aromatic carbocycles. The molecule has 1 aromatic rings. The zero-order valence-electron chi connectivity index (χ0n) is 10.1. The number of carbonyl (C=O) groups is 1. The van der Waals surface area contributed by atoms with Gasteiger partial charge in [0.15, 0.2) is 0 Å². The molecule has 17 heavy (non-hydrogen) atoms. The maximum atomic E-state index is 11.7. The van der Waals surface area contributed by atoms with Crippen molar-refractivity contribution >= 4 is 5.91 Å². The fraction of sp³-hybridized carbons (Fsp3) is 0.667. The Hall–Kier alpha value is -1.36. The fourth-order valence-electron chi connectivity index (χ4n) is 2.17. The highest BCUT2D eigenvalue weighted by Gasteiger charge is 2.19. The minimum atomic E-state index is -0.237. The largest absolute Gasteiger partial charge is 0.394 e. The smallest absolute Gasteiger partial charge is 0.272 e. The van der Waals surface area contributed by atoms with Crippen LogP contribution in [0.1, 0.15) is 49.1 Å². The van der Waals surface area contributed by atoms with Crippen molar-refractivity contribution in [1.82, 2.24) is 15.1 Å². The molecule has 1 amide bonds. The Morgan fingerprint density at radius 3 is 3.00 bits per heavy atom. The number of carbonyl (C=O) groups excluding carboxylic acids is 1. The molecule has 0 radical (unpaired) electrons. The van der Waals surface area contributed by atoms with Gasteiger partial charge in [0.2, 0.25) is 0 Å². The molecule has 1 heterocycles. The molecule has 1 aliphatic carbocycles. The van der Waals surface area contributed by atoms with Crippen molar-refractivity contribution < 1.29 is 9.90 Å². The summed E-state index contributed by atoms with van der Waals surface area (Å²) in [5, 5.41) is 15.9. The Morgan fingerprint density at radius 2 is 2.35 bits per heavy atom. The normalized spacial score (nSPS) is 18.2. The van der Waals surface area contributed by atoms with Gasteiger partial charge in [0.1, 0.15) is 5.69 Å². The SMILES string of the molecule is CC(CO)NC(=O)c1ccn(C2CCCC2)n1. The van der Waals surface area contributed by atoms with E-state index in [1.165, 1.54) is 12.8 Å². The third kappa shape index (κ3) is 2.85. The molecule has 2 N–H and O–H groups in total. The van der Waals surface area contributed by atoms with E-state index >= 15 is 0 Å². The maximum absolute atomic E-state index is 11.7. The van der Waals surface area contributed by atoms with Gasteiger partial charge in [-0.3, -0.25) is 9.48 Å². The van der Waals surface area contributed by atoms with Crippen LogP contribution in [0.15, 0.2) is 12.3 Å². The van der Waals surface area contributed by atoms with E-state index in [-0.39, 0.29) is 18.6 Å². The Balaban J connectivity index is 1.99. The highest BCUT2D eigenvalue weighted by atomic mass is 16.3. The van der Waals surface area contributed by atoms with Gasteiger partial charge in [-0.15, -0.1) is 0 Å². The predicted octanol–water partition coefficient (Wildman–Crippen LogP) is 1.11. The molecule has 5 heteroatoms. The summed E-state index contributed by atoms with van der Waals surface area (Å²) in [6.45, 7) is 1.70. The second-order valence-corrected chi connectivity index (χ2v) is 4.68. The van der Waals surface area contributed by atoms with E-state index in [2.05, 4.69) is 10.4 Å². The first kappa shape index (κ1) is 12.1. The van der Waals surface area contributed by atoms with Gasteiger partial charge in [-0.25, -0.2) is 0 Å². The van der Waals surface area contributed by atoms with Gasteiger partial charge in [0, 0.05) is 12.2 Å². The Morgan fingerprint density at radius 1 is 1.65 bits per heavy atom. The lowest BCUT2D eigenvalue weighted by atomic mass is 10.3. The van der Waals surface area contributed by atoms with Gasteiger partial charge < -0.3 is 10.4 Å². The van der Waals surface area contributed by atoms with E-state index in [1.54, 1.807) is 13.0 Å². The quantitative estimate of drug-likeness (QED) is 0.824. The maximum Gasteiger partial charge on any atom is 0.272 e. The summed E-state index contributed by atoms with van der Waals surface area (Å²) in [5.41, 5.74) is 0.428. The lowest BCUT2D eigenvalue weighted by Crippen LogP contribution is -2.35. The number of nitrogens with one attached hydrogen (secondary N) is 1. The van der Waals surface area contributed by atoms with Crippen molar-refractivity contribution in [2.45, 2.75) is 44.7 Å². The first-order chi connectivity index (χ1) is 8.20. The topological polar surface area (TPSA) is 67.2 Å². The molecule has 0 bridgehead atoms. The molecule has 2 rings (SSSR count). The highest BCUT2D eigenvalue weighted by molar-refractivity contribution is 5.92. The van der Waals surface area contributed by atoms with Crippen LogP contribution in [0.25, 0.3) is 0 Å². The number of nitrogens with zero attached hydrogens (tertiary/aromatic N) is 2. The molecule has 1 saturated carbocycles. The van der Waals surface area contributed by atoms with Crippen LogP contribution in [-0.4, -0.2) is 33.4 Å². The second-order valence-electron chi connectivity index (χ2n) is 4.68. The van der Waals surface area contributed by atoms with Gasteiger partial charge in [-0.1, -0.05) is 12.8 Å². The molecule has 0 saturated heterocycles. The van der Waals surface area contributed by atoms with Gasteiger partial charge >= 0.3 is 0 Å². The van der Waals surface area contributed by atoms with Crippen LogP contribution < -0.4 is 5.32 Å². The molecule has 0 spiro atoms. The molecule has 1 aliphatic rings. The van der Waals surface area contributed by atoms with E-state index in [0.717, 1.165) is 12.8 Å². The predicted molar refractivity (Wildman–Crippen MR) is 63.7 cm³/mol. The van der Waals surface area contributed by atoms with Crippen molar-refractivity contribution in [3.05, 3.63) is 18.0 Å². The summed E-state index contributed by atoms with van der Waals surface area (Å²) in [5.74, 6) is -0.219. The Labute approximate surface area is 101 Å². The minimum absolute atomic E-state index is 0.0604. The number of amides is 1. The summed E-state index contributed by atoms with van der Waals surface area (Å²) in [4.78, 5) is 11.7. The van der Waals surface area contributed by atoms with Crippen LogP contribution in [-0.2, 0) is 0 Å². The average Bonchev–Trinajstić information content (AvgIpc) is 2.98. The van der Waals surface area contributed by atoms with Crippen LogP contribution in [0.2, 0.25) is 0 Å². The molecule has 1 atom stereocenters. The molecule has 1 fully saturated rings. The first-order valence-electron chi connectivity index (χ1n) is 6.17. The minimum Gasteiger partial charge on any atom is -0.394 e. The second kappa shape index (κ2) is 5.31. The van der Waals surface area contributed by atoms with Gasteiger partial charge in [-0.2, -0.15) is 5.10 Å². The summed E-state index contributed by atoms with van der Waals surface area (Å²) in [6.07, 6.45) is 6.65. The van der Waals surface area contributed by atoms with Crippen molar-refractivity contribution in [3.8, 4) is 0 Å². The number of aliphatic hydroxyl groups excluding tert-OH is 1. The Bertz CT molecular complexity index is 383. The van der Waals surface area contributed by atoms with Gasteiger partial charge in [0.25, 0.3) is 5.91 Å². The van der Waals surface area contributed by atoms with Crippen LogP contribution in [0, 0.1) is 0 Å². The van der Waals surface area contributed by atoms with Crippen molar-refractivity contribution in [2.75, 3.05) is 6.61 Å². The summed E-state index contributed by atoms with van der Waals surface area (Å²) >= 11 is 0. The van der Waals surface area contributed by atoms with E-state index in [0.29, 0.717) is 11.7 Å². The third-order valence-electron chi connectivity index (χ3n) is 3.19. The zero-order valence-corrected chi connectivity index (χ0v) is 10.1. The zero-order chi connectivity index (χ0) is 12.3. The van der Waals surface area contributed by atoms with Crippen LogP contribution >= 0.6 is 0 Å². The van der Waals surface area contributed by atoms with Crippen molar-refractivity contribution in [1.29, 1.82) is 0 Å². The van der Waals surface area contributed by atoms with Crippen LogP contribution in [0.4, 0.5) is 0 Å². The van der Waals surface area contributed by atoms with Crippen molar-refractivity contribution in [3.63, 3.8) is 0 Å². The molecule has 1 unspecified atom stereocenters. The van der Waals surface area contributed by atoms with Gasteiger partial charge in [0.05, 0.1) is 12.6 Å². The lowest BCUT2D eigenvalue weighted by Gasteiger charge is -2.10.